The van der Waals surface area contributed by atoms with Crippen LogP contribution in [0.4, 0.5) is 11.4 Å². The zero-order chi connectivity index (χ0) is 10.8. The fourth-order valence-electron chi connectivity index (χ4n) is 2.37. The van der Waals surface area contributed by atoms with E-state index in [1.54, 1.807) is 0 Å². The van der Waals surface area contributed by atoms with Crippen LogP contribution >= 0.6 is 0 Å². The summed E-state index contributed by atoms with van der Waals surface area (Å²) in [5, 5.41) is 6.78. The van der Waals surface area contributed by atoms with Gasteiger partial charge in [0.25, 0.3) is 0 Å². The van der Waals surface area contributed by atoms with Gasteiger partial charge in [-0.25, -0.2) is 0 Å². The molecule has 0 aromatic heterocycles. The molecule has 3 heteroatoms. The monoisotopic (exact) mass is 217 g/mol. The third kappa shape index (κ3) is 2.00. The Hall–Kier alpha value is -1.22. The summed E-state index contributed by atoms with van der Waals surface area (Å²) in [6, 6.07) is 9.50. The number of nitrogens with zero attached hydrogens (tertiary/aromatic N) is 1. The van der Waals surface area contributed by atoms with Crippen molar-refractivity contribution >= 4 is 11.4 Å². The van der Waals surface area contributed by atoms with Gasteiger partial charge in [0.05, 0.1) is 6.04 Å². The van der Waals surface area contributed by atoms with E-state index in [0.717, 1.165) is 13.1 Å². The highest BCUT2D eigenvalue weighted by molar-refractivity contribution is 5.56. The van der Waals surface area contributed by atoms with E-state index < -0.39 is 0 Å². The molecular weight excluding hydrogens is 198 g/mol. The molecule has 1 aromatic rings. The molecule has 2 fully saturated rings. The Morgan fingerprint density at radius 3 is 2.31 bits per heavy atom. The van der Waals surface area contributed by atoms with E-state index >= 15 is 0 Å². The van der Waals surface area contributed by atoms with Crippen LogP contribution in [0.5, 0.6) is 0 Å². The predicted octanol–water partition coefficient (Wildman–Crippen LogP) is 1.67. The van der Waals surface area contributed by atoms with Gasteiger partial charge < -0.3 is 15.5 Å². The first-order valence-corrected chi connectivity index (χ1v) is 6.24. The van der Waals surface area contributed by atoms with Gasteiger partial charge in [0, 0.05) is 37.6 Å². The molecule has 0 aliphatic carbocycles. The van der Waals surface area contributed by atoms with E-state index in [0.29, 0.717) is 6.04 Å². The summed E-state index contributed by atoms with van der Waals surface area (Å²) in [5.74, 6) is 0. The molecule has 0 radical (unpaired) electrons. The predicted molar refractivity (Wildman–Crippen MR) is 68.2 cm³/mol. The van der Waals surface area contributed by atoms with Gasteiger partial charge in [-0.3, -0.25) is 0 Å². The van der Waals surface area contributed by atoms with Gasteiger partial charge >= 0.3 is 0 Å². The smallest absolute Gasteiger partial charge is 0.0510 e. The third-order valence-corrected chi connectivity index (χ3v) is 3.49. The molecule has 2 heterocycles. The first-order chi connectivity index (χ1) is 7.92. The second-order valence-electron chi connectivity index (χ2n) is 4.74. The highest BCUT2D eigenvalue weighted by Gasteiger charge is 2.16. The fourth-order valence-corrected chi connectivity index (χ4v) is 2.37. The molecule has 16 heavy (non-hydrogen) atoms. The van der Waals surface area contributed by atoms with Crippen molar-refractivity contribution in [2.75, 3.05) is 36.4 Å². The molecule has 0 bridgehead atoms. The van der Waals surface area contributed by atoms with Crippen LogP contribution < -0.4 is 15.5 Å². The molecule has 0 amide bonds. The van der Waals surface area contributed by atoms with Crippen LogP contribution in [0.2, 0.25) is 0 Å². The van der Waals surface area contributed by atoms with Gasteiger partial charge in [-0.05, 0) is 37.1 Å². The Labute approximate surface area is 96.8 Å². The van der Waals surface area contributed by atoms with Crippen molar-refractivity contribution < 1.29 is 0 Å². The van der Waals surface area contributed by atoms with Crippen LogP contribution in [0.15, 0.2) is 24.3 Å². The number of nitrogens with one attached hydrogen (secondary N) is 2. The lowest BCUT2D eigenvalue weighted by molar-refractivity contribution is 0.472. The number of anilines is 2. The third-order valence-electron chi connectivity index (χ3n) is 3.49. The fraction of sp³-hybridized carbons (Fsp3) is 0.538. The lowest BCUT2D eigenvalue weighted by Gasteiger charge is -2.29. The second-order valence-corrected chi connectivity index (χ2v) is 4.74. The van der Waals surface area contributed by atoms with Gasteiger partial charge in [-0.1, -0.05) is 0 Å². The van der Waals surface area contributed by atoms with Gasteiger partial charge in [0.1, 0.15) is 0 Å². The molecule has 2 aliphatic heterocycles. The standard InChI is InChI=1S/C13H19N3/c1-2-8-16(7-1)13-5-3-11(4-6-13)15-12-9-14-10-12/h3-6,12,14-15H,1-2,7-10H2. The van der Waals surface area contributed by atoms with E-state index in [4.69, 9.17) is 0 Å². The summed E-state index contributed by atoms with van der Waals surface area (Å²) < 4.78 is 0. The minimum absolute atomic E-state index is 0.623. The Balaban J connectivity index is 1.64. The number of hydrogen-bond acceptors (Lipinski definition) is 3. The van der Waals surface area contributed by atoms with Gasteiger partial charge in [-0.2, -0.15) is 0 Å². The largest absolute Gasteiger partial charge is 0.380 e. The van der Waals surface area contributed by atoms with Gasteiger partial charge in [0.15, 0.2) is 0 Å². The zero-order valence-electron chi connectivity index (χ0n) is 9.58. The average Bonchev–Trinajstić information content (AvgIpc) is 2.78. The van der Waals surface area contributed by atoms with Gasteiger partial charge in [0.2, 0.25) is 0 Å². The summed E-state index contributed by atoms with van der Waals surface area (Å²) in [7, 11) is 0. The Morgan fingerprint density at radius 2 is 1.75 bits per heavy atom. The first kappa shape index (κ1) is 9.97. The molecular formula is C13H19N3. The molecule has 2 N–H and O–H groups in total. The van der Waals surface area contributed by atoms with Crippen molar-refractivity contribution in [2.24, 2.45) is 0 Å². The van der Waals surface area contributed by atoms with Crippen molar-refractivity contribution in [2.45, 2.75) is 18.9 Å². The van der Waals surface area contributed by atoms with E-state index in [-0.39, 0.29) is 0 Å². The maximum atomic E-state index is 3.52. The zero-order valence-corrected chi connectivity index (χ0v) is 9.58. The van der Waals surface area contributed by atoms with Crippen LogP contribution in [-0.4, -0.2) is 32.2 Å². The van der Waals surface area contributed by atoms with Crippen LogP contribution in [0.1, 0.15) is 12.8 Å². The van der Waals surface area contributed by atoms with Crippen molar-refractivity contribution in [3.05, 3.63) is 24.3 Å². The maximum Gasteiger partial charge on any atom is 0.0510 e. The normalized spacial score (nSPS) is 20.9. The highest BCUT2D eigenvalue weighted by atomic mass is 15.1. The lowest BCUT2D eigenvalue weighted by atomic mass is 10.1. The van der Waals surface area contributed by atoms with Crippen LogP contribution in [0, 0.1) is 0 Å². The summed E-state index contributed by atoms with van der Waals surface area (Å²) in [5.41, 5.74) is 2.62. The molecule has 86 valence electrons. The van der Waals surface area contributed by atoms with Crippen molar-refractivity contribution in [1.82, 2.24) is 5.32 Å². The molecule has 0 unspecified atom stereocenters. The number of benzene rings is 1. The molecule has 3 rings (SSSR count). The highest BCUT2D eigenvalue weighted by Crippen LogP contribution is 2.22. The number of rotatable bonds is 3. The summed E-state index contributed by atoms with van der Waals surface area (Å²) in [6.45, 7) is 4.63. The molecule has 0 spiro atoms. The van der Waals surface area contributed by atoms with Gasteiger partial charge in [-0.15, -0.1) is 0 Å². The number of hydrogen-bond donors (Lipinski definition) is 2. The molecule has 2 saturated heterocycles. The summed E-state index contributed by atoms with van der Waals surface area (Å²) in [6.07, 6.45) is 2.68. The second kappa shape index (κ2) is 4.34. The van der Waals surface area contributed by atoms with E-state index in [1.807, 2.05) is 0 Å². The molecule has 1 aromatic carbocycles. The van der Waals surface area contributed by atoms with E-state index in [2.05, 4.69) is 39.8 Å². The van der Waals surface area contributed by atoms with E-state index in [1.165, 1.54) is 37.3 Å². The Morgan fingerprint density at radius 1 is 1.06 bits per heavy atom. The van der Waals surface area contributed by atoms with Crippen LogP contribution in [0.3, 0.4) is 0 Å². The SMILES string of the molecule is c1cc(N2CCCC2)ccc1NC1CNC1. The summed E-state index contributed by atoms with van der Waals surface area (Å²) in [4.78, 5) is 2.47. The first-order valence-electron chi connectivity index (χ1n) is 6.24. The van der Waals surface area contributed by atoms with Crippen LogP contribution in [-0.2, 0) is 0 Å². The Kier molecular flexibility index (Phi) is 2.70. The quantitative estimate of drug-likeness (QED) is 0.806. The Bertz CT molecular complexity index is 337. The summed E-state index contributed by atoms with van der Waals surface area (Å²) >= 11 is 0. The van der Waals surface area contributed by atoms with Crippen molar-refractivity contribution in [3.63, 3.8) is 0 Å². The van der Waals surface area contributed by atoms with Crippen molar-refractivity contribution in [1.29, 1.82) is 0 Å². The van der Waals surface area contributed by atoms with E-state index in [9.17, 15) is 0 Å². The van der Waals surface area contributed by atoms with Crippen molar-refractivity contribution in [3.8, 4) is 0 Å². The minimum Gasteiger partial charge on any atom is -0.380 e. The average molecular weight is 217 g/mol. The lowest BCUT2D eigenvalue weighted by Crippen LogP contribution is -2.51. The van der Waals surface area contributed by atoms with Crippen LogP contribution in [0.25, 0.3) is 0 Å². The molecule has 3 nitrogen and oxygen atoms in total. The molecule has 0 atom stereocenters. The topological polar surface area (TPSA) is 27.3 Å². The maximum absolute atomic E-state index is 3.52. The molecule has 0 saturated carbocycles. The minimum atomic E-state index is 0.623. The molecule has 2 aliphatic rings.